The number of nitrogens with two attached hydrogens (primary N) is 1. The second-order valence-electron chi connectivity index (χ2n) is 7.01. The molecule has 0 fully saturated rings. The highest BCUT2D eigenvalue weighted by molar-refractivity contribution is 6.05. The minimum Gasteiger partial charge on any atom is -0.398 e. The minimum absolute atomic E-state index is 0.117. The van der Waals surface area contributed by atoms with E-state index in [1.165, 1.54) is 0 Å². The molecule has 0 bridgehead atoms. The molecule has 1 aromatic heterocycles. The molecule has 0 aliphatic carbocycles. The molecule has 0 radical (unpaired) electrons. The van der Waals surface area contributed by atoms with Crippen LogP contribution in [0, 0.1) is 11.3 Å². The van der Waals surface area contributed by atoms with Gasteiger partial charge in [0.05, 0.1) is 29.9 Å². The molecule has 1 aliphatic rings. The number of carbonyl (C=O) groups is 1. The SMILES string of the molecule is CC/C=C(\C#N)CN1Cc2c(-c3ccc4cnn(C)c4c3)ccc(N)c2C1=O. The van der Waals surface area contributed by atoms with Gasteiger partial charge in [-0.1, -0.05) is 31.2 Å². The third kappa shape index (κ3) is 2.81. The summed E-state index contributed by atoms with van der Waals surface area (Å²) in [4.78, 5) is 14.7. The van der Waals surface area contributed by atoms with Crippen molar-refractivity contribution in [1.82, 2.24) is 14.7 Å². The summed E-state index contributed by atoms with van der Waals surface area (Å²) in [7, 11) is 1.91. The second kappa shape index (κ2) is 6.86. The van der Waals surface area contributed by atoms with E-state index in [0.717, 1.165) is 34.0 Å². The van der Waals surface area contributed by atoms with Crippen molar-refractivity contribution in [2.75, 3.05) is 12.3 Å². The standard InChI is InChI=1S/C22H21N5O/c1-3-4-14(10-23)12-27-13-18-17(7-8-19(24)21(18)22(27)28)15-5-6-16-11-25-26(2)20(16)9-15/h4-9,11H,3,12-13,24H2,1-2H3/b14-4+. The lowest BCUT2D eigenvalue weighted by atomic mass is 9.95. The Morgan fingerprint density at radius 1 is 1.36 bits per heavy atom. The normalized spacial score (nSPS) is 13.8. The van der Waals surface area contributed by atoms with Crippen LogP contribution >= 0.6 is 0 Å². The smallest absolute Gasteiger partial charge is 0.256 e. The molecule has 1 aliphatic heterocycles. The Morgan fingerprint density at radius 2 is 2.18 bits per heavy atom. The molecule has 6 nitrogen and oxygen atoms in total. The number of carbonyl (C=O) groups excluding carboxylic acids is 1. The van der Waals surface area contributed by atoms with Crippen molar-refractivity contribution in [3.05, 3.63) is 59.3 Å². The molecule has 6 heteroatoms. The van der Waals surface area contributed by atoms with Crippen LogP contribution in [0.3, 0.4) is 0 Å². The van der Waals surface area contributed by atoms with Gasteiger partial charge in [0.25, 0.3) is 5.91 Å². The Kier molecular flexibility index (Phi) is 4.36. The predicted octanol–water partition coefficient (Wildman–Crippen LogP) is 3.64. The zero-order chi connectivity index (χ0) is 19.8. The van der Waals surface area contributed by atoms with Crippen LogP contribution in [0.1, 0.15) is 29.3 Å². The van der Waals surface area contributed by atoms with Crippen LogP contribution < -0.4 is 5.73 Å². The fraction of sp³-hybridized carbons (Fsp3) is 0.227. The van der Waals surface area contributed by atoms with Gasteiger partial charge in [0.2, 0.25) is 0 Å². The maximum absolute atomic E-state index is 13.0. The molecule has 4 rings (SSSR count). The van der Waals surface area contributed by atoms with Crippen molar-refractivity contribution in [1.29, 1.82) is 5.26 Å². The first-order valence-electron chi connectivity index (χ1n) is 9.25. The first kappa shape index (κ1) is 17.8. The Labute approximate surface area is 163 Å². The first-order chi connectivity index (χ1) is 13.5. The number of nitrogens with zero attached hydrogens (tertiary/aromatic N) is 4. The summed E-state index contributed by atoms with van der Waals surface area (Å²) in [6.45, 7) is 2.72. The van der Waals surface area contributed by atoms with E-state index >= 15 is 0 Å². The Balaban J connectivity index is 1.78. The van der Waals surface area contributed by atoms with Gasteiger partial charge in [-0.05, 0) is 35.2 Å². The van der Waals surface area contributed by atoms with Gasteiger partial charge in [0.1, 0.15) is 0 Å². The molecule has 140 valence electrons. The van der Waals surface area contributed by atoms with Gasteiger partial charge < -0.3 is 10.6 Å². The molecule has 3 aromatic rings. The van der Waals surface area contributed by atoms with Crippen LogP contribution in [0.5, 0.6) is 0 Å². The third-order valence-electron chi connectivity index (χ3n) is 5.21. The summed E-state index contributed by atoms with van der Waals surface area (Å²) in [5.74, 6) is -0.117. The number of benzene rings is 2. The zero-order valence-corrected chi connectivity index (χ0v) is 15.9. The Morgan fingerprint density at radius 3 is 2.93 bits per heavy atom. The predicted molar refractivity (Wildman–Crippen MR) is 109 cm³/mol. The molecule has 0 unspecified atom stereocenters. The number of aromatic nitrogens is 2. The summed E-state index contributed by atoms with van der Waals surface area (Å²) in [6.07, 6.45) is 4.45. The number of nitrogen functional groups attached to an aromatic ring is 1. The lowest BCUT2D eigenvalue weighted by molar-refractivity contribution is 0.0794. The molecular formula is C22H21N5O. The Hall–Kier alpha value is -3.59. The first-order valence-corrected chi connectivity index (χ1v) is 9.25. The van der Waals surface area contributed by atoms with Crippen molar-refractivity contribution < 1.29 is 4.79 Å². The van der Waals surface area contributed by atoms with Crippen LogP contribution in [0.25, 0.3) is 22.0 Å². The minimum atomic E-state index is -0.117. The average Bonchev–Trinajstić information content (AvgIpc) is 3.22. The van der Waals surface area contributed by atoms with E-state index in [1.807, 2.05) is 49.1 Å². The van der Waals surface area contributed by atoms with E-state index in [-0.39, 0.29) is 5.91 Å². The fourth-order valence-corrected chi connectivity index (χ4v) is 3.81. The second-order valence-corrected chi connectivity index (χ2v) is 7.01. The van der Waals surface area contributed by atoms with Crippen molar-refractivity contribution in [3.63, 3.8) is 0 Å². The van der Waals surface area contributed by atoms with Gasteiger partial charge in [0, 0.05) is 30.2 Å². The van der Waals surface area contributed by atoms with Gasteiger partial charge in [-0.2, -0.15) is 10.4 Å². The lowest BCUT2D eigenvalue weighted by Gasteiger charge is -2.15. The maximum Gasteiger partial charge on any atom is 0.256 e. The average molecular weight is 371 g/mol. The summed E-state index contributed by atoms with van der Waals surface area (Å²) < 4.78 is 1.84. The summed E-state index contributed by atoms with van der Waals surface area (Å²) in [6, 6.07) is 12.1. The van der Waals surface area contributed by atoms with E-state index in [4.69, 9.17) is 5.73 Å². The number of fused-ring (bicyclic) bond motifs is 2. The fourth-order valence-electron chi connectivity index (χ4n) is 3.81. The van der Waals surface area contributed by atoms with Gasteiger partial charge in [-0.15, -0.1) is 0 Å². The number of aryl methyl sites for hydroxylation is 1. The lowest BCUT2D eigenvalue weighted by Crippen LogP contribution is -2.26. The summed E-state index contributed by atoms with van der Waals surface area (Å²) in [5.41, 5.74) is 11.7. The topological polar surface area (TPSA) is 87.9 Å². The number of nitriles is 1. The highest BCUT2D eigenvalue weighted by Gasteiger charge is 2.32. The molecule has 1 amide bonds. The highest BCUT2D eigenvalue weighted by Crippen LogP contribution is 2.37. The number of anilines is 1. The van der Waals surface area contributed by atoms with Crippen LogP contribution in [0.15, 0.2) is 48.2 Å². The number of amides is 1. The molecule has 2 aromatic carbocycles. The van der Waals surface area contributed by atoms with E-state index in [0.29, 0.717) is 29.9 Å². The van der Waals surface area contributed by atoms with E-state index < -0.39 is 0 Å². The van der Waals surface area contributed by atoms with E-state index in [1.54, 1.807) is 11.0 Å². The third-order valence-corrected chi connectivity index (χ3v) is 5.21. The number of hydrogen-bond donors (Lipinski definition) is 1. The van der Waals surface area contributed by atoms with Gasteiger partial charge >= 0.3 is 0 Å². The maximum atomic E-state index is 13.0. The van der Waals surface area contributed by atoms with Crippen LogP contribution in [0.4, 0.5) is 5.69 Å². The van der Waals surface area contributed by atoms with E-state index in [2.05, 4.69) is 17.2 Å². The monoisotopic (exact) mass is 371 g/mol. The number of rotatable bonds is 4. The number of hydrogen-bond acceptors (Lipinski definition) is 4. The van der Waals surface area contributed by atoms with Gasteiger partial charge in [-0.25, -0.2) is 0 Å². The van der Waals surface area contributed by atoms with Crippen molar-refractivity contribution in [2.45, 2.75) is 19.9 Å². The quantitative estimate of drug-likeness (QED) is 0.560. The van der Waals surface area contributed by atoms with Crippen molar-refractivity contribution >= 4 is 22.5 Å². The van der Waals surface area contributed by atoms with Crippen molar-refractivity contribution in [2.24, 2.45) is 7.05 Å². The molecule has 0 atom stereocenters. The largest absolute Gasteiger partial charge is 0.398 e. The van der Waals surface area contributed by atoms with Gasteiger partial charge in [-0.3, -0.25) is 9.48 Å². The summed E-state index contributed by atoms with van der Waals surface area (Å²) in [5, 5.41) is 14.7. The molecule has 0 saturated heterocycles. The molecule has 28 heavy (non-hydrogen) atoms. The summed E-state index contributed by atoms with van der Waals surface area (Å²) >= 11 is 0. The molecular weight excluding hydrogens is 350 g/mol. The van der Waals surface area contributed by atoms with Crippen LogP contribution in [-0.4, -0.2) is 27.1 Å². The zero-order valence-electron chi connectivity index (χ0n) is 15.9. The molecule has 0 spiro atoms. The number of allylic oxidation sites excluding steroid dienone is 1. The van der Waals surface area contributed by atoms with Crippen molar-refractivity contribution in [3.8, 4) is 17.2 Å². The van der Waals surface area contributed by atoms with Crippen LogP contribution in [0.2, 0.25) is 0 Å². The van der Waals surface area contributed by atoms with E-state index in [9.17, 15) is 10.1 Å². The van der Waals surface area contributed by atoms with Crippen LogP contribution in [-0.2, 0) is 13.6 Å². The Bertz CT molecular complexity index is 1170. The molecule has 0 saturated carbocycles. The molecule has 2 N–H and O–H groups in total. The van der Waals surface area contributed by atoms with Gasteiger partial charge in [0.15, 0.2) is 0 Å². The molecule has 2 heterocycles. The highest BCUT2D eigenvalue weighted by atomic mass is 16.2.